The molecule has 0 amide bonds. The zero-order valence-electron chi connectivity index (χ0n) is 6.65. The third-order valence-corrected chi connectivity index (χ3v) is 2.76. The Bertz CT molecular complexity index is 551. The average molecular weight is 187 g/mol. The number of nitrogens with zero attached hydrogens (tertiary/aromatic N) is 1. The van der Waals surface area contributed by atoms with Crippen molar-refractivity contribution in [2.75, 3.05) is 0 Å². The van der Waals surface area contributed by atoms with E-state index in [4.69, 9.17) is 5.26 Å². The van der Waals surface area contributed by atoms with Gasteiger partial charge in [-0.25, -0.2) is 0 Å². The summed E-state index contributed by atoms with van der Waals surface area (Å²) in [5.41, 5.74) is 0.0561. The van der Waals surface area contributed by atoms with Crippen molar-refractivity contribution in [1.82, 2.24) is 0 Å². The van der Waals surface area contributed by atoms with Crippen molar-refractivity contribution >= 4 is 21.4 Å². The molecule has 62 valence electrons. The van der Waals surface area contributed by atoms with Crippen molar-refractivity contribution in [2.24, 2.45) is 0 Å². The summed E-state index contributed by atoms with van der Waals surface area (Å²) in [6.07, 6.45) is 0. The maximum atomic E-state index is 11.5. The number of rotatable bonds is 0. The third-order valence-electron chi connectivity index (χ3n) is 1.80. The van der Waals surface area contributed by atoms with Crippen LogP contribution in [0.25, 0.3) is 10.1 Å². The van der Waals surface area contributed by atoms with Gasteiger partial charge in [-0.1, -0.05) is 12.1 Å². The summed E-state index contributed by atoms with van der Waals surface area (Å²) in [6, 6.07) is 9.19. The van der Waals surface area contributed by atoms with Crippen LogP contribution < -0.4 is 5.43 Å². The normalized spacial score (nSPS) is 9.77. The minimum atomic E-state index is -0.170. The molecule has 1 aromatic heterocycles. The van der Waals surface area contributed by atoms with Gasteiger partial charge in [-0.05, 0) is 12.1 Å². The number of benzene rings is 1. The molecule has 2 aromatic rings. The first kappa shape index (κ1) is 7.96. The van der Waals surface area contributed by atoms with Crippen LogP contribution in [0.1, 0.15) is 5.56 Å². The zero-order chi connectivity index (χ0) is 9.26. The first-order valence-electron chi connectivity index (χ1n) is 3.73. The Morgan fingerprint density at radius 2 is 2.08 bits per heavy atom. The molecular formula is C10H5NOS. The van der Waals surface area contributed by atoms with Crippen LogP contribution in [0, 0.1) is 11.3 Å². The molecule has 0 unspecified atom stereocenters. The lowest BCUT2D eigenvalue weighted by Gasteiger charge is -1.93. The molecule has 0 bridgehead atoms. The van der Waals surface area contributed by atoms with Crippen molar-refractivity contribution in [2.45, 2.75) is 0 Å². The topological polar surface area (TPSA) is 40.9 Å². The standard InChI is InChI=1S/C10H5NOS/c11-5-7-6-13-9-4-2-1-3-8(9)10(7)12/h1-4,6H. The SMILES string of the molecule is N#Cc1csc2ccccc2c1=O. The summed E-state index contributed by atoms with van der Waals surface area (Å²) in [5.74, 6) is 0. The first-order valence-corrected chi connectivity index (χ1v) is 4.61. The van der Waals surface area contributed by atoms with Crippen molar-refractivity contribution in [3.8, 4) is 6.07 Å². The largest absolute Gasteiger partial charge is 0.288 e. The average Bonchev–Trinajstić information content (AvgIpc) is 2.19. The van der Waals surface area contributed by atoms with Crippen molar-refractivity contribution in [3.63, 3.8) is 0 Å². The molecule has 0 spiro atoms. The van der Waals surface area contributed by atoms with Crippen molar-refractivity contribution in [3.05, 3.63) is 45.4 Å². The molecule has 0 N–H and O–H groups in total. The fourth-order valence-corrected chi connectivity index (χ4v) is 2.00. The highest BCUT2D eigenvalue weighted by Gasteiger charge is 2.02. The highest BCUT2D eigenvalue weighted by molar-refractivity contribution is 7.16. The van der Waals surface area contributed by atoms with Crippen LogP contribution in [-0.4, -0.2) is 0 Å². The van der Waals surface area contributed by atoms with E-state index in [-0.39, 0.29) is 11.0 Å². The number of hydrogen-bond acceptors (Lipinski definition) is 3. The van der Waals surface area contributed by atoms with Crippen LogP contribution in [0.3, 0.4) is 0 Å². The number of fused-ring (bicyclic) bond motifs is 1. The molecule has 2 rings (SSSR count). The molecule has 13 heavy (non-hydrogen) atoms. The molecule has 0 aliphatic rings. The van der Waals surface area contributed by atoms with Crippen LogP contribution in [0.2, 0.25) is 0 Å². The predicted octanol–water partition coefficient (Wildman–Crippen LogP) is 2.13. The van der Waals surface area contributed by atoms with Gasteiger partial charge in [-0.15, -0.1) is 11.3 Å². The first-order chi connectivity index (χ1) is 6.33. The van der Waals surface area contributed by atoms with E-state index in [0.29, 0.717) is 5.39 Å². The smallest absolute Gasteiger partial charge is 0.205 e. The molecule has 0 aliphatic heterocycles. The van der Waals surface area contributed by atoms with E-state index in [1.807, 2.05) is 18.2 Å². The van der Waals surface area contributed by atoms with E-state index in [0.717, 1.165) is 4.70 Å². The molecule has 0 saturated carbocycles. The van der Waals surface area contributed by atoms with Gasteiger partial charge in [-0.2, -0.15) is 5.26 Å². The Morgan fingerprint density at radius 3 is 2.85 bits per heavy atom. The summed E-state index contributed by atoms with van der Waals surface area (Å²) in [7, 11) is 0. The zero-order valence-corrected chi connectivity index (χ0v) is 7.47. The van der Waals surface area contributed by atoms with Crippen LogP contribution in [0.5, 0.6) is 0 Å². The minimum absolute atomic E-state index is 0.170. The molecule has 1 heterocycles. The van der Waals surface area contributed by atoms with Crippen LogP contribution >= 0.6 is 11.3 Å². The van der Waals surface area contributed by atoms with E-state index in [1.54, 1.807) is 17.5 Å². The summed E-state index contributed by atoms with van der Waals surface area (Å²) in [4.78, 5) is 11.5. The lowest BCUT2D eigenvalue weighted by atomic mass is 10.2. The van der Waals surface area contributed by atoms with E-state index >= 15 is 0 Å². The highest BCUT2D eigenvalue weighted by atomic mass is 32.1. The Kier molecular flexibility index (Phi) is 1.84. The van der Waals surface area contributed by atoms with Gasteiger partial charge in [0.2, 0.25) is 5.43 Å². The van der Waals surface area contributed by atoms with Gasteiger partial charge < -0.3 is 0 Å². The second kappa shape index (κ2) is 3.00. The van der Waals surface area contributed by atoms with E-state index in [9.17, 15) is 4.79 Å². The summed E-state index contributed by atoms with van der Waals surface area (Å²) >= 11 is 1.42. The maximum absolute atomic E-state index is 11.5. The van der Waals surface area contributed by atoms with Crippen molar-refractivity contribution in [1.29, 1.82) is 5.26 Å². The summed E-state index contributed by atoms with van der Waals surface area (Å²) < 4.78 is 0.923. The summed E-state index contributed by atoms with van der Waals surface area (Å²) in [5, 5.41) is 10.9. The van der Waals surface area contributed by atoms with Gasteiger partial charge in [-0.3, -0.25) is 4.79 Å². The fraction of sp³-hybridized carbons (Fsp3) is 0. The quantitative estimate of drug-likeness (QED) is 0.634. The maximum Gasteiger partial charge on any atom is 0.205 e. The molecule has 0 atom stereocenters. The van der Waals surface area contributed by atoms with Gasteiger partial charge in [0.1, 0.15) is 11.6 Å². The lowest BCUT2D eigenvalue weighted by molar-refractivity contribution is 1.48. The van der Waals surface area contributed by atoms with Gasteiger partial charge in [0, 0.05) is 15.5 Å². The molecular weight excluding hydrogens is 182 g/mol. The number of nitriles is 1. The van der Waals surface area contributed by atoms with Gasteiger partial charge >= 0.3 is 0 Å². The molecule has 2 nitrogen and oxygen atoms in total. The minimum Gasteiger partial charge on any atom is -0.288 e. The van der Waals surface area contributed by atoms with Crippen molar-refractivity contribution < 1.29 is 0 Å². The Labute approximate surface area is 78.7 Å². The van der Waals surface area contributed by atoms with Crippen LogP contribution in [-0.2, 0) is 0 Å². The molecule has 0 aliphatic carbocycles. The van der Waals surface area contributed by atoms with Gasteiger partial charge in [0.15, 0.2) is 0 Å². The predicted molar refractivity (Wildman–Crippen MR) is 52.8 cm³/mol. The highest BCUT2D eigenvalue weighted by Crippen LogP contribution is 2.15. The molecule has 0 saturated heterocycles. The van der Waals surface area contributed by atoms with E-state index in [1.165, 1.54) is 11.3 Å². The van der Waals surface area contributed by atoms with Gasteiger partial charge in [0.05, 0.1) is 0 Å². The van der Waals surface area contributed by atoms with E-state index < -0.39 is 0 Å². The second-order valence-electron chi connectivity index (χ2n) is 2.59. The van der Waals surface area contributed by atoms with Crippen LogP contribution in [0.15, 0.2) is 34.4 Å². The second-order valence-corrected chi connectivity index (χ2v) is 3.50. The molecule has 0 fully saturated rings. The molecule has 0 radical (unpaired) electrons. The van der Waals surface area contributed by atoms with Crippen LogP contribution in [0.4, 0.5) is 0 Å². The summed E-state index contributed by atoms with van der Waals surface area (Å²) in [6.45, 7) is 0. The Morgan fingerprint density at radius 1 is 1.31 bits per heavy atom. The monoisotopic (exact) mass is 187 g/mol. The third kappa shape index (κ3) is 1.21. The fourth-order valence-electron chi connectivity index (χ4n) is 1.16. The lowest BCUT2D eigenvalue weighted by Crippen LogP contribution is -2.03. The van der Waals surface area contributed by atoms with E-state index in [2.05, 4.69) is 0 Å². The van der Waals surface area contributed by atoms with Gasteiger partial charge in [0.25, 0.3) is 0 Å². The Balaban J connectivity index is 2.98. The Hall–Kier alpha value is -1.66. The number of hydrogen-bond donors (Lipinski definition) is 0. The molecule has 1 aromatic carbocycles. The molecule has 3 heteroatoms.